The Morgan fingerprint density at radius 3 is 2.33 bits per heavy atom. The van der Waals surface area contributed by atoms with Crippen LogP contribution in [0.1, 0.15) is 11.1 Å². The SMILES string of the molecule is O=C(Cc1cccc(F)c1)NS(=O)(=O)Cc1ccccc1. The fourth-order valence-electron chi connectivity index (χ4n) is 1.87. The van der Waals surface area contributed by atoms with Gasteiger partial charge in [-0.2, -0.15) is 0 Å². The molecule has 0 atom stereocenters. The summed E-state index contributed by atoms with van der Waals surface area (Å²) in [5.41, 5.74) is 1.01. The van der Waals surface area contributed by atoms with Crippen molar-refractivity contribution >= 4 is 15.9 Å². The summed E-state index contributed by atoms with van der Waals surface area (Å²) in [4.78, 5) is 11.7. The van der Waals surface area contributed by atoms with Gasteiger partial charge in [0.2, 0.25) is 15.9 Å². The Hall–Kier alpha value is -2.21. The standard InChI is InChI=1S/C15H14FNO3S/c16-14-8-4-7-13(9-14)10-15(18)17-21(19,20)11-12-5-2-1-3-6-12/h1-9H,10-11H2,(H,17,18). The first-order valence-electron chi connectivity index (χ1n) is 6.26. The number of carbonyl (C=O) groups excluding carboxylic acids is 1. The van der Waals surface area contributed by atoms with Gasteiger partial charge in [-0.05, 0) is 23.3 Å². The zero-order valence-corrected chi connectivity index (χ0v) is 11.9. The van der Waals surface area contributed by atoms with Crippen molar-refractivity contribution in [1.29, 1.82) is 0 Å². The minimum absolute atomic E-state index is 0.189. The first-order chi connectivity index (χ1) is 9.94. The number of rotatable bonds is 5. The van der Waals surface area contributed by atoms with E-state index in [-0.39, 0.29) is 12.2 Å². The fraction of sp³-hybridized carbons (Fsp3) is 0.133. The molecule has 21 heavy (non-hydrogen) atoms. The van der Waals surface area contributed by atoms with E-state index in [1.165, 1.54) is 18.2 Å². The molecular weight excluding hydrogens is 293 g/mol. The Morgan fingerprint density at radius 1 is 1.00 bits per heavy atom. The lowest BCUT2D eigenvalue weighted by Crippen LogP contribution is -2.32. The number of amides is 1. The molecule has 4 nitrogen and oxygen atoms in total. The van der Waals surface area contributed by atoms with Crippen molar-refractivity contribution in [3.05, 3.63) is 71.5 Å². The molecule has 0 aromatic heterocycles. The van der Waals surface area contributed by atoms with E-state index >= 15 is 0 Å². The molecule has 0 fully saturated rings. The summed E-state index contributed by atoms with van der Waals surface area (Å²) < 4.78 is 38.7. The maximum Gasteiger partial charge on any atom is 0.239 e. The summed E-state index contributed by atoms with van der Waals surface area (Å²) in [7, 11) is -3.76. The van der Waals surface area contributed by atoms with Crippen molar-refractivity contribution in [2.24, 2.45) is 0 Å². The second-order valence-electron chi connectivity index (χ2n) is 4.58. The van der Waals surface area contributed by atoms with E-state index in [9.17, 15) is 17.6 Å². The zero-order chi connectivity index (χ0) is 15.3. The van der Waals surface area contributed by atoms with Crippen molar-refractivity contribution < 1.29 is 17.6 Å². The van der Waals surface area contributed by atoms with Gasteiger partial charge in [-0.15, -0.1) is 0 Å². The minimum atomic E-state index is -3.76. The van der Waals surface area contributed by atoms with Gasteiger partial charge in [0.1, 0.15) is 5.82 Å². The normalized spacial score (nSPS) is 11.1. The lowest BCUT2D eigenvalue weighted by atomic mass is 10.1. The van der Waals surface area contributed by atoms with Crippen LogP contribution in [-0.2, 0) is 27.0 Å². The molecule has 0 saturated carbocycles. The van der Waals surface area contributed by atoms with Crippen molar-refractivity contribution in [1.82, 2.24) is 4.72 Å². The monoisotopic (exact) mass is 307 g/mol. The number of nitrogens with one attached hydrogen (secondary N) is 1. The average molecular weight is 307 g/mol. The van der Waals surface area contributed by atoms with Crippen LogP contribution in [-0.4, -0.2) is 14.3 Å². The van der Waals surface area contributed by atoms with Crippen LogP contribution in [0.5, 0.6) is 0 Å². The van der Waals surface area contributed by atoms with Crippen molar-refractivity contribution in [2.45, 2.75) is 12.2 Å². The van der Waals surface area contributed by atoms with E-state index in [0.717, 1.165) is 0 Å². The van der Waals surface area contributed by atoms with Crippen LogP contribution < -0.4 is 4.72 Å². The maximum atomic E-state index is 13.0. The summed E-state index contributed by atoms with van der Waals surface area (Å²) in [5, 5.41) is 0. The van der Waals surface area contributed by atoms with Gasteiger partial charge in [0, 0.05) is 0 Å². The quantitative estimate of drug-likeness (QED) is 0.919. The summed E-state index contributed by atoms with van der Waals surface area (Å²) in [5.74, 6) is -1.42. The highest BCUT2D eigenvalue weighted by Crippen LogP contribution is 2.06. The third-order valence-electron chi connectivity index (χ3n) is 2.72. The molecule has 2 aromatic carbocycles. The number of hydrogen-bond acceptors (Lipinski definition) is 3. The topological polar surface area (TPSA) is 63.2 Å². The van der Waals surface area contributed by atoms with Crippen LogP contribution in [0.2, 0.25) is 0 Å². The van der Waals surface area contributed by atoms with Crippen LogP contribution in [0, 0.1) is 5.82 Å². The highest BCUT2D eigenvalue weighted by atomic mass is 32.2. The average Bonchev–Trinajstić information content (AvgIpc) is 2.38. The molecule has 110 valence electrons. The summed E-state index contributed by atoms with van der Waals surface area (Å²) in [6.07, 6.45) is -0.189. The van der Waals surface area contributed by atoms with E-state index in [0.29, 0.717) is 11.1 Å². The Labute approximate surface area is 122 Å². The van der Waals surface area contributed by atoms with Crippen LogP contribution in [0.15, 0.2) is 54.6 Å². The van der Waals surface area contributed by atoms with Crippen LogP contribution in [0.25, 0.3) is 0 Å². The van der Waals surface area contributed by atoms with Crippen LogP contribution >= 0.6 is 0 Å². The molecule has 0 radical (unpaired) electrons. The molecule has 6 heteroatoms. The molecule has 0 unspecified atom stereocenters. The van der Waals surface area contributed by atoms with Crippen molar-refractivity contribution in [2.75, 3.05) is 0 Å². The Kier molecular flexibility index (Phi) is 4.70. The van der Waals surface area contributed by atoms with Gasteiger partial charge < -0.3 is 0 Å². The number of carbonyl (C=O) groups is 1. The Morgan fingerprint density at radius 2 is 1.67 bits per heavy atom. The molecule has 0 saturated heterocycles. The second kappa shape index (κ2) is 6.49. The van der Waals surface area contributed by atoms with E-state index in [4.69, 9.17) is 0 Å². The van der Waals surface area contributed by atoms with E-state index in [1.54, 1.807) is 36.4 Å². The molecule has 2 rings (SSSR count). The number of halogens is 1. The van der Waals surface area contributed by atoms with Gasteiger partial charge >= 0.3 is 0 Å². The first-order valence-corrected chi connectivity index (χ1v) is 7.91. The fourth-order valence-corrected chi connectivity index (χ4v) is 2.99. The highest BCUT2D eigenvalue weighted by Gasteiger charge is 2.15. The number of hydrogen-bond donors (Lipinski definition) is 1. The van der Waals surface area contributed by atoms with E-state index in [1.807, 2.05) is 4.72 Å². The lowest BCUT2D eigenvalue weighted by molar-refractivity contribution is -0.118. The molecule has 0 spiro atoms. The van der Waals surface area contributed by atoms with Gasteiger partial charge in [0.15, 0.2) is 0 Å². The van der Waals surface area contributed by atoms with Crippen molar-refractivity contribution in [3.8, 4) is 0 Å². The molecule has 1 amide bonds. The lowest BCUT2D eigenvalue weighted by Gasteiger charge is -2.07. The summed E-state index contributed by atoms with van der Waals surface area (Å²) in [6, 6.07) is 14.0. The summed E-state index contributed by atoms with van der Waals surface area (Å²) >= 11 is 0. The molecule has 0 bridgehead atoms. The number of sulfonamides is 1. The van der Waals surface area contributed by atoms with E-state index < -0.39 is 21.7 Å². The summed E-state index contributed by atoms with van der Waals surface area (Å²) in [6.45, 7) is 0. The second-order valence-corrected chi connectivity index (χ2v) is 6.30. The molecule has 1 N–H and O–H groups in total. The molecular formula is C15H14FNO3S. The largest absolute Gasteiger partial charge is 0.274 e. The van der Waals surface area contributed by atoms with Gasteiger partial charge in [-0.25, -0.2) is 12.8 Å². The Bertz CT molecular complexity index is 730. The maximum absolute atomic E-state index is 13.0. The van der Waals surface area contributed by atoms with E-state index in [2.05, 4.69) is 0 Å². The smallest absolute Gasteiger partial charge is 0.239 e. The zero-order valence-electron chi connectivity index (χ0n) is 11.1. The predicted octanol–water partition coefficient (Wildman–Crippen LogP) is 2.01. The van der Waals surface area contributed by atoms with Gasteiger partial charge in [0.05, 0.1) is 12.2 Å². The third-order valence-corrected chi connectivity index (χ3v) is 3.97. The van der Waals surface area contributed by atoms with Crippen molar-refractivity contribution in [3.63, 3.8) is 0 Å². The third kappa shape index (κ3) is 5.00. The number of benzene rings is 2. The van der Waals surface area contributed by atoms with Gasteiger partial charge in [-0.1, -0.05) is 42.5 Å². The molecule has 0 aliphatic heterocycles. The van der Waals surface area contributed by atoms with Crippen LogP contribution in [0.4, 0.5) is 4.39 Å². The molecule has 0 heterocycles. The molecule has 0 aliphatic carbocycles. The van der Waals surface area contributed by atoms with Gasteiger partial charge in [0.25, 0.3) is 0 Å². The van der Waals surface area contributed by atoms with Crippen LogP contribution in [0.3, 0.4) is 0 Å². The minimum Gasteiger partial charge on any atom is -0.274 e. The molecule has 2 aromatic rings. The molecule has 0 aliphatic rings. The predicted molar refractivity (Wildman–Crippen MR) is 77.3 cm³/mol. The highest BCUT2D eigenvalue weighted by molar-refractivity contribution is 7.89. The first kappa shape index (κ1) is 15.2. The van der Waals surface area contributed by atoms with Gasteiger partial charge in [-0.3, -0.25) is 9.52 Å². The Balaban J connectivity index is 1.98.